The summed E-state index contributed by atoms with van der Waals surface area (Å²) in [6.07, 6.45) is 4.38. The van der Waals surface area contributed by atoms with Crippen LogP contribution in [0.2, 0.25) is 0 Å². The molecule has 1 aromatic rings. The van der Waals surface area contributed by atoms with Crippen molar-refractivity contribution in [1.29, 1.82) is 0 Å². The Bertz CT molecular complexity index is 588. The average Bonchev–Trinajstić information content (AvgIpc) is 3.35. The molecule has 5 nitrogen and oxygen atoms in total. The maximum absolute atomic E-state index is 12.3. The predicted molar refractivity (Wildman–Crippen MR) is 85.2 cm³/mol. The minimum Gasteiger partial charge on any atom is -0.397 e. The number of Topliss-reactive ketones (excluding diaryl/α,β-unsaturated/α-hetero) is 1. The van der Waals surface area contributed by atoms with E-state index in [-0.39, 0.29) is 17.6 Å². The first-order valence-corrected chi connectivity index (χ1v) is 8.24. The normalized spacial score (nSPS) is 17.6. The summed E-state index contributed by atoms with van der Waals surface area (Å²) in [7, 11) is 3.56. The van der Waals surface area contributed by atoms with Crippen molar-refractivity contribution in [2.24, 2.45) is 11.8 Å². The highest BCUT2D eigenvalue weighted by Gasteiger charge is 2.36. The molecule has 3 N–H and O–H groups in total. The van der Waals surface area contributed by atoms with Gasteiger partial charge in [-0.25, -0.2) is 0 Å². The topological polar surface area (TPSA) is 75.4 Å². The van der Waals surface area contributed by atoms with Gasteiger partial charge in [0, 0.05) is 26.6 Å². The number of nitrogens with one attached hydrogen (secondary N) is 1. The average molecular weight is 307 g/mol. The second kappa shape index (κ2) is 5.33. The molecule has 1 amide bonds. The number of carbonyl (C=O) groups is 2. The van der Waals surface area contributed by atoms with Crippen LogP contribution in [0.4, 0.5) is 10.7 Å². The SMILES string of the molecule is CNC(=O)c1c(N(C)CC2CC2)sc(C(=O)C2CC2)c1N. The van der Waals surface area contributed by atoms with E-state index in [0.717, 1.165) is 24.4 Å². The number of amides is 1. The number of hydrogen-bond acceptors (Lipinski definition) is 5. The molecule has 2 aliphatic rings. The number of ketones is 1. The van der Waals surface area contributed by atoms with E-state index in [1.165, 1.54) is 24.2 Å². The van der Waals surface area contributed by atoms with E-state index < -0.39 is 0 Å². The zero-order chi connectivity index (χ0) is 15.1. The van der Waals surface area contributed by atoms with Crippen molar-refractivity contribution in [2.75, 3.05) is 31.3 Å². The molecular formula is C15H21N3O2S. The Balaban J connectivity index is 1.96. The van der Waals surface area contributed by atoms with Crippen LogP contribution in [0.15, 0.2) is 0 Å². The van der Waals surface area contributed by atoms with Gasteiger partial charge in [0.05, 0.1) is 16.1 Å². The maximum atomic E-state index is 12.3. The van der Waals surface area contributed by atoms with Gasteiger partial charge in [-0.3, -0.25) is 9.59 Å². The van der Waals surface area contributed by atoms with Crippen LogP contribution in [0.25, 0.3) is 0 Å². The third kappa shape index (κ3) is 2.77. The van der Waals surface area contributed by atoms with Crippen LogP contribution in [0.5, 0.6) is 0 Å². The van der Waals surface area contributed by atoms with Gasteiger partial charge in [0.1, 0.15) is 5.00 Å². The van der Waals surface area contributed by atoms with Crippen LogP contribution < -0.4 is 16.0 Å². The fourth-order valence-electron chi connectivity index (χ4n) is 2.53. The summed E-state index contributed by atoms with van der Waals surface area (Å²) < 4.78 is 0. The zero-order valence-corrected chi connectivity index (χ0v) is 13.3. The van der Waals surface area contributed by atoms with Crippen LogP contribution in [0.1, 0.15) is 45.7 Å². The van der Waals surface area contributed by atoms with Crippen LogP contribution in [0, 0.1) is 11.8 Å². The van der Waals surface area contributed by atoms with Crippen molar-refractivity contribution in [3.05, 3.63) is 10.4 Å². The molecule has 0 radical (unpaired) electrons. The molecule has 0 spiro atoms. The fraction of sp³-hybridized carbons (Fsp3) is 0.600. The van der Waals surface area contributed by atoms with Crippen molar-refractivity contribution in [3.8, 4) is 0 Å². The molecule has 21 heavy (non-hydrogen) atoms. The summed E-state index contributed by atoms with van der Waals surface area (Å²) in [6.45, 7) is 0.918. The first-order chi connectivity index (χ1) is 10.0. The van der Waals surface area contributed by atoms with Gasteiger partial charge in [-0.1, -0.05) is 0 Å². The maximum Gasteiger partial charge on any atom is 0.256 e. The van der Waals surface area contributed by atoms with Gasteiger partial charge in [-0.15, -0.1) is 11.3 Å². The number of carbonyl (C=O) groups excluding carboxylic acids is 2. The van der Waals surface area contributed by atoms with E-state index in [2.05, 4.69) is 10.2 Å². The number of nitrogens with zero attached hydrogens (tertiary/aromatic N) is 1. The highest BCUT2D eigenvalue weighted by atomic mass is 32.1. The van der Waals surface area contributed by atoms with E-state index in [1.54, 1.807) is 7.05 Å². The molecule has 0 bridgehead atoms. The summed E-state index contributed by atoms with van der Waals surface area (Å²) >= 11 is 1.37. The highest BCUT2D eigenvalue weighted by Crippen LogP contribution is 2.43. The van der Waals surface area contributed by atoms with Gasteiger partial charge >= 0.3 is 0 Å². The Labute approximate surface area is 128 Å². The van der Waals surface area contributed by atoms with E-state index in [9.17, 15) is 9.59 Å². The monoisotopic (exact) mass is 307 g/mol. The number of anilines is 2. The molecule has 3 rings (SSSR count). The molecule has 114 valence electrons. The Morgan fingerprint density at radius 1 is 1.33 bits per heavy atom. The summed E-state index contributed by atoms with van der Waals surface area (Å²) in [5, 5.41) is 3.46. The molecule has 1 heterocycles. The molecular weight excluding hydrogens is 286 g/mol. The number of hydrogen-bond donors (Lipinski definition) is 2. The van der Waals surface area contributed by atoms with Crippen molar-refractivity contribution < 1.29 is 9.59 Å². The van der Waals surface area contributed by atoms with Crippen molar-refractivity contribution >= 4 is 33.7 Å². The lowest BCUT2D eigenvalue weighted by molar-refractivity contribution is 0.0964. The standard InChI is InChI=1S/C15H21N3O2S/c1-17-14(20)10-11(16)13(12(19)9-5-6-9)21-15(10)18(2)7-8-3-4-8/h8-9H,3-7,16H2,1-2H3,(H,17,20). The Kier molecular flexibility index (Phi) is 3.65. The summed E-state index contributed by atoms with van der Waals surface area (Å²) in [4.78, 5) is 27.1. The van der Waals surface area contributed by atoms with E-state index >= 15 is 0 Å². The Morgan fingerprint density at radius 3 is 2.52 bits per heavy atom. The summed E-state index contributed by atoms with van der Waals surface area (Å²) in [6, 6.07) is 0. The van der Waals surface area contributed by atoms with Gasteiger partial charge in [0.2, 0.25) is 0 Å². The molecule has 2 saturated carbocycles. The molecule has 0 atom stereocenters. The van der Waals surface area contributed by atoms with Crippen molar-refractivity contribution in [3.63, 3.8) is 0 Å². The number of rotatable bonds is 6. The van der Waals surface area contributed by atoms with Crippen LogP contribution in [-0.4, -0.2) is 32.3 Å². The predicted octanol–water partition coefficient (Wildman–Crippen LogP) is 2.13. The molecule has 0 saturated heterocycles. The number of nitrogen functional groups attached to an aromatic ring is 1. The van der Waals surface area contributed by atoms with E-state index in [0.29, 0.717) is 22.0 Å². The number of thiophene rings is 1. The van der Waals surface area contributed by atoms with Gasteiger partial charge in [-0.05, 0) is 31.6 Å². The minimum atomic E-state index is -0.212. The second-order valence-electron chi connectivity index (χ2n) is 6.07. The second-order valence-corrected chi connectivity index (χ2v) is 7.07. The van der Waals surface area contributed by atoms with Crippen LogP contribution in [0.3, 0.4) is 0 Å². The highest BCUT2D eigenvalue weighted by molar-refractivity contribution is 7.19. The van der Waals surface area contributed by atoms with E-state index in [4.69, 9.17) is 5.73 Å². The third-order valence-corrected chi connectivity index (χ3v) is 5.46. The lowest BCUT2D eigenvalue weighted by Crippen LogP contribution is -2.25. The van der Waals surface area contributed by atoms with E-state index in [1.807, 2.05) is 7.05 Å². The molecule has 6 heteroatoms. The Hall–Kier alpha value is -1.56. The smallest absolute Gasteiger partial charge is 0.256 e. The zero-order valence-electron chi connectivity index (χ0n) is 12.4. The summed E-state index contributed by atoms with van der Waals surface area (Å²) in [5.74, 6) is 0.716. The molecule has 0 aromatic carbocycles. The molecule has 0 unspecified atom stereocenters. The van der Waals surface area contributed by atoms with Gasteiger partial charge < -0.3 is 16.0 Å². The van der Waals surface area contributed by atoms with Gasteiger partial charge in [0.25, 0.3) is 5.91 Å². The van der Waals surface area contributed by atoms with Crippen molar-refractivity contribution in [2.45, 2.75) is 25.7 Å². The quantitative estimate of drug-likeness (QED) is 0.789. The lowest BCUT2D eigenvalue weighted by Gasteiger charge is -2.18. The molecule has 2 fully saturated rings. The van der Waals surface area contributed by atoms with Gasteiger partial charge in [0.15, 0.2) is 5.78 Å². The number of nitrogens with two attached hydrogens (primary N) is 1. The third-order valence-electron chi connectivity index (χ3n) is 4.13. The fourth-order valence-corrected chi connectivity index (χ4v) is 3.74. The van der Waals surface area contributed by atoms with Gasteiger partial charge in [-0.2, -0.15) is 0 Å². The molecule has 1 aromatic heterocycles. The van der Waals surface area contributed by atoms with Crippen LogP contribution >= 0.6 is 11.3 Å². The first-order valence-electron chi connectivity index (χ1n) is 7.42. The first kappa shape index (κ1) is 14.4. The Morgan fingerprint density at radius 2 is 2.00 bits per heavy atom. The molecule has 2 aliphatic carbocycles. The summed E-state index contributed by atoms with van der Waals surface area (Å²) in [5.41, 5.74) is 6.96. The van der Waals surface area contributed by atoms with Crippen LogP contribution in [-0.2, 0) is 0 Å². The van der Waals surface area contributed by atoms with Crippen molar-refractivity contribution in [1.82, 2.24) is 5.32 Å². The minimum absolute atomic E-state index is 0.105. The lowest BCUT2D eigenvalue weighted by atomic mass is 10.1. The molecule has 0 aliphatic heterocycles. The largest absolute Gasteiger partial charge is 0.397 e.